The minimum Gasteiger partial charge on any atom is -0.491 e. The molecule has 0 unspecified atom stereocenters. The summed E-state index contributed by atoms with van der Waals surface area (Å²) < 4.78 is 5.09. The fourth-order valence-corrected chi connectivity index (χ4v) is 2.86. The third-order valence-corrected chi connectivity index (χ3v) is 4.62. The second-order valence-corrected chi connectivity index (χ2v) is 6.25. The highest BCUT2D eigenvalue weighted by Gasteiger charge is 2.33. The molecular weight excluding hydrogens is 351 g/mol. The first-order chi connectivity index (χ1) is 11.5. The first-order valence-corrected chi connectivity index (χ1v) is 8.52. The molecule has 0 saturated heterocycles. The van der Waals surface area contributed by atoms with Crippen molar-refractivity contribution in [2.24, 2.45) is 0 Å². The van der Waals surface area contributed by atoms with E-state index in [1.165, 1.54) is 7.11 Å². The highest BCUT2D eigenvalue weighted by atomic mass is 35.5. The molecule has 0 saturated carbocycles. The zero-order chi connectivity index (χ0) is 17.7. The minimum atomic E-state index is -0.259. The molecule has 7 heteroatoms. The number of aryl methyl sites for hydroxylation is 1. The van der Waals surface area contributed by atoms with E-state index in [0.717, 1.165) is 18.4 Å². The Labute approximate surface area is 151 Å². The van der Waals surface area contributed by atoms with Crippen LogP contribution in [0.5, 0.6) is 0 Å². The molecule has 130 valence electrons. The molecule has 0 bridgehead atoms. The van der Waals surface area contributed by atoms with Gasteiger partial charge in [0.2, 0.25) is 0 Å². The van der Waals surface area contributed by atoms with Crippen LogP contribution in [0.4, 0.5) is 0 Å². The Morgan fingerprint density at radius 2 is 2.08 bits per heavy atom. The standard InChI is InChI=1S/C17H20Cl2N2O3/c1-3-21-10-12(15(24-2)17(21)23)16(22)20-8-4-5-11-6-7-13(18)14(19)9-11/h6-7,9H,3-5,8,10H2,1-2H3,(H,20,22). The van der Waals surface area contributed by atoms with Gasteiger partial charge in [0.25, 0.3) is 11.8 Å². The van der Waals surface area contributed by atoms with Gasteiger partial charge < -0.3 is 15.0 Å². The summed E-state index contributed by atoms with van der Waals surface area (Å²) in [6.45, 7) is 3.19. The van der Waals surface area contributed by atoms with Crippen LogP contribution in [0.25, 0.3) is 0 Å². The molecule has 1 aromatic carbocycles. The van der Waals surface area contributed by atoms with Gasteiger partial charge in [-0.2, -0.15) is 0 Å². The van der Waals surface area contributed by atoms with Gasteiger partial charge in [-0.05, 0) is 37.5 Å². The predicted molar refractivity (Wildman–Crippen MR) is 94.1 cm³/mol. The number of benzene rings is 1. The number of amides is 2. The Morgan fingerprint density at radius 1 is 1.33 bits per heavy atom. The van der Waals surface area contributed by atoms with Crippen LogP contribution in [0.3, 0.4) is 0 Å². The molecule has 1 N–H and O–H groups in total. The van der Waals surface area contributed by atoms with Gasteiger partial charge >= 0.3 is 0 Å². The topological polar surface area (TPSA) is 58.6 Å². The van der Waals surface area contributed by atoms with E-state index in [4.69, 9.17) is 27.9 Å². The number of carbonyl (C=O) groups excluding carboxylic acids is 2. The van der Waals surface area contributed by atoms with Crippen molar-refractivity contribution in [3.63, 3.8) is 0 Å². The van der Waals surface area contributed by atoms with Crippen molar-refractivity contribution in [2.75, 3.05) is 26.7 Å². The molecule has 0 atom stereocenters. The Hall–Kier alpha value is -1.72. The molecule has 0 aliphatic carbocycles. The first kappa shape index (κ1) is 18.6. The van der Waals surface area contributed by atoms with Crippen molar-refractivity contribution >= 4 is 35.0 Å². The second-order valence-electron chi connectivity index (χ2n) is 5.44. The maximum Gasteiger partial charge on any atom is 0.289 e. The Kier molecular flexibility index (Phi) is 6.52. The van der Waals surface area contributed by atoms with E-state index in [9.17, 15) is 9.59 Å². The summed E-state index contributed by atoms with van der Waals surface area (Å²) in [5.41, 5.74) is 1.45. The Balaban J connectivity index is 1.85. The van der Waals surface area contributed by atoms with E-state index in [1.807, 2.05) is 19.1 Å². The zero-order valence-electron chi connectivity index (χ0n) is 13.7. The molecule has 1 aliphatic rings. The monoisotopic (exact) mass is 370 g/mol. The van der Waals surface area contributed by atoms with Crippen LogP contribution in [-0.2, 0) is 20.7 Å². The Bertz CT molecular complexity index is 674. The lowest BCUT2D eigenvalue weighted by Crippen LogP contribution is -2.30. The molecule has 1 aliphatic heterocycles. The van der Waals surface area contributed by atoms with Crippen LogP contribution in [0.1, 0.15) is 18.9 Å². The number of nitrogens with one attached hydrogen (secondary N) is 1. The summed E-state index contributed by atoms with van der Waals surface area (Å²) in [6.07, 6.45) is 1.53. The van der Waals surface area contributed by atoms with E-state index >= 15 is 0 Å². The van der Waals surface area contributed by atoms with Crippen LogP contribution in [0.2, 0.25) is 10.0 Å². The molecule has 0 radical (unpaired) electrons. The van der Waals surface area contributed by atoms with E-state index in [2.05, 4.69) is 5.32 Å². The zero-order valence-corrected chi connectivity index (χ0v) is 15.2. The van der Waals surface area contributed by atoms with Gasteiger partial charge in [0.1, 0.15) is 0 Å². The van der Waals surface area contributed by atoms with Gasteiger partial charge in [0.05, 0.1) is 29.3 Å². The summed E-state index contributed by atoms with van der Waals surface area (Å²) in [7, 11) is 1.41. The lowest BCUT2D eigenvalue weighted by atomic mass is 10.1. The predicted octanol–water partition coefficient (Wildman–Crippen LogP) is 2.80. The summed E-state index contributed by atoms with van der Waals surface area (Å²) in [6, 6.07) is 5.50. The summed E-state index contributed by atoms with van der Waals surface area (Å²) in [5, 5.41) is 3.89. The van der Waals surface area contributed by atoms with E-state index in [1.54, 1.807) is 11.0 Å². The van der Waals surface area contributed by atoms with Gasteiger partial charge in [0, 0.05) is 13.1 Å². The molecule has 5 nitrogen and oxygen atoms in total. The van der Waals surface area contributed by atoms with Gasteiger partial charge in [-0.3, -0.25) is 9.59 Å². The molecular formula is C17H20Cl2N2O3. The average molecular weight is 371 g/mol. The Morgan fingerprint density at radius 3 is 2.71 bits per heavy atom. The number of methoxy groups -OCH3 is 1. The number of hydrogen-bond acceptors (Lipinski definition) is 3. The lowest BCUT2D eigenvalue weighted by molar-refractivity contribution is -0.128. The van der Waals surface area contributed by atoms with Gasteiger partial charge in [-0.25, -0.2) is 0 Å². The minimum absolute atomic E-state index is 0.138. The smallest absolute Gasteiger partial charge is 0.289 e. The SMILES string of the molecule is CCN1CC(C(=O)NCCCc2ccc(Cl)c(Cl)c2)=C(OC)C1=O. The van der Waals surface area contributed by atoms with E-state index in [-0.39, 0.29) is 24.1 Å². The molecule has 24 heavy (non-hydrogen) atoms. The summed E-state index contributed by atoms with van der Waals surface area (Å²) >= 11 is 11.9. The third-order valence-electron chi connectivity index (χ3n) is 3.88. The molecule has 0 aromatic heterocycles. The highest BCUT2D eigenvalue weighted by Crippen LogP contribution is 2.23. The maximum atomic E-state index is 12.3. The molecule has 0 spiro atoms. The fraction of sp³-hybridized carbons (Fsp3) is 0.412. The maximum absolute atomic E-state index is 12.3. The number of ether oxygens (including phenoxy) is 1. The second kappa shape index (κ2) is 8.40. The van der Waals surface area contributed by atoms with Crippen LogP contribution in [0, 0.1) is 0 Å². The van der Waals surface area contributed by atoms with Crippen molar-refractivity contribution in [1.29, 1.82) is 0 Å². The van der Waals surface area contributed by atoms with Crippen molar-refractivity contribution < 1.29 is 14.3 Å². The number of hydrogen-bond donors (Lipinski definition) is 1. The van der Waals surface area contributed by atoms with Gasteiger partial charge in [-0.15, -0.1) is 0 Å². The van der Waals surface area contributed by atoms with Crippen molar-refractivity contribution in [1.82, 2.24) is 10.2 Å². The van der Waals surface area contributed by atoms with Crippen molar-refractivity contribution in [3.8, 4) is 0 Å². The van der Waals surface area contributed by atoms with Gasteiger partial charge in [-0.1, -0.05) is 29.3 Å². The van der Waals surface area contributed by atoms with Crippen LogP contribution in [0.15, 0.2) is 29.5 Å². The molecule has 2 amide bonds. The van der Waals surface area contributed by atoms with Crippen molar-refractivity contribution in [3.05, 3.63) is 45.1 Å². The number of halogens is 2. The van der Waals surface area contributed by atoms with Crippen molar-refractivity contribution in [2.45, 2.75) is 19.8 Å². The highest BCUT2D eigenvalue weighted by molar-refractivity contribution is 6.42. The lowest BCUT2D eigenvalue weighted by Gasteiger charge is -2.12. The first-order valence-electron chi connectivity index (χ1n) is 7.76. The summed E-state index contributed by atoms with van der Waals surface area (Å²) in [5.74, 6) is -0.356. The number of carbonyl (C=O) groups is 2. The third kappa shape index (κ3) is 4.22. The number of rotatable bonds is 7. The van der Waals surface area contributed by atoms with Crippen LogP contribution >= 0.6 is 23.2 Å². The average Bonchev–Trinajstić information content (AvgIpc) is 2.90. The van der Waals surface area contributed by atoms with Gasteiger partial charge in [0.15, 0.2) is 5.76 Å². The van der Waals surface area contributed by atoms with Crippen LogP contribution < -0.4 is 5.32 Å². The fourth-order valence-electron chi connectivity index (χ4n) is 2.54. The van der Waals surface area contributed by atoms with E-state index in [0.29, 0.717) is 28.7 Å². The molecule has 0 fully saturated rings. The van der Waals surface area contributed by atoms with E-state index < -0.39 is 0 Å². The quantitative estimate of drug-likeness (QED) is 0.750. The largest absolute Gasteiger partial charge is 0.491 e. The summed E-state index contributed by atoms with van der Waals surface area (Å²) in [4.78, 5) is 25.8. The number of nitrogens with zero attached hydrogens (tertiary/aromatic N) is 1. The van der Waals surface area contributed by atoms with Crippen LogP contribution in [-0.4, -0.2) is 43.5 Å². The number of likely N-dealkylation sites (N-methyl/N-ethyl adjacent to an activating group) is 1. The normalized spacial score (nSPS) is 14.3. The molecule has 1 aromatic rings. The molecule has 2 rings (SSSR count). The molecule has 1 heterocycles.